The predicted molar refractivity (Wildman–Crippen MR) is 77.3 cm³/mol. The van der Waals surface area contributed by atoms with Gasteiger partial charge in [-0.15, -0.1) is 0 Å². The molecule has 0 radical (unpaired) electrons. The molecule has 0 fully saturated rings. The molecule has 4 heteroatoms. The molecule has 1 aromatic heterocycles. The molecule has 0 amide bonds. The van der Waals surface area contributed by atoms with Crippen LogP contribution in [0.4, 0.5) is 0 Å². The summed E-state index contributed by atoms with van der Waals surface area (Å²) in [6, 6.07) is 0. The average Bonchev–Trinajstić information content (AvgIpc) is 2.83. The Bertz CT molecular complexity index is 326. The Morgan fingerprint density at radius 3 is 2.84 bits per heavy atom. The maximum atomic E-state index is 5.68. The molecule has 0 aliphatic carbocycles. The number of unbranched alkanes of at least 4 members (excludes halogenated alkanes) is 3. The van der Waals surface area contributed by atoms with E-state index in [-0.39, 0.29) is 6.10 Å². The third-order valence-corrected chi connectivity index (χ3v) is 3.03. The van der Waals surface area contributed by atoms with Gasteiger partial charge in [0, 0.05) is 6.54 Å². The lowest BCUT2D eigenvalue weighted by molar-refractivity contribution is 0.151. The molecule has 1 unspecified atom stereocenters. The topological polar surface area (TPSA) is 47.3 Å². The standard InChI is InChI=1S/C15H28N2O2/c1-4-6-7-8-9-13(3)19-15-17-14(12-18-15)11-16-10-5-2/h12-13,16H,4-11H2,1-3H3. The maximum Gasteiger partial charge on any atom is 0.393 e. The number of oxazole rings is 1. The summed E-state index contributed by atoms with van der Waals surface area (Å²) in [5.41, 5.74) is 0.904. The monoisotopic (exact) mass is 268 g/mol. The molecule has 4 nitrogen and oxygen atoms in total. The quantitative estimate of drug-likeness (QED) is 0.618. The Morgan fingerprint density at radius 2 is 2.11 bits per heavy atom. The van der Waals surface area contributed by atoms with Gasteiger partial charge in [0.25, 0.3) is 0 Å². The van der Waals surface area contributed by atoms with E-state index in [1.165, 1.54) is 25.7 Å². The highest BCUT2D eigenvalue weighted by molar-refractivity contribution is 4.99. The number of nitrogens with zero attached hydrogens (tertiary/aromatic N) is 1. The minimum atomic E-state index is 0.173. The van der Waals surface area contributed by atoms with Crippen molar-refractivity contribution >= 4 is 0 Å². The van der Waals surface area contributed by atoms with Gasteiger partial charge in [-0.3, -0.25) is 0 Å². The second-order valence-corrected chi connectivity index (χ2v) is 5.06. The molecule has 1 aromatic rings. The Kier molecular flexibility index (Phi) is 8.30. The van der Waals surface area contributed by atoms with E-state index in [1.807, 2.05) is 0 Å². The summed E-state index contributed by atoms with van der Waals surface area (Å²) in [7, 11) is 0. The number of hydrogen-bond donors (Lipinski definition) is 1. The maximum absolute atomic E-state index is 5.68. The van der Waals surface area contributed by atoms with Gasteiger partial charge in [-0.1, -0.05) is 33.1 Å². The molecule has 1 atom stereocenters. The van der Waals surface area contributed by atoms with Gasteiger partial charge in [0.15, 0.2) is 0 Å². The highest BCUT2D eigenvalue weighted by Gasteiger charge is 2.09. The fourth-order valence-electron chi connectivity index (χ4n) is 1.91. The smallest absolute Gasteiger partial charge is 0.393 e. The lowest BCUT2D eigenvalue weighted by atomic mass is 10.1. The molecule has 0 aliphatic heterocycles. The lowest BCUT2D eigenvalue weighted by Crippen LogP contribution is -2.14. The van der Waals surface area contributed by atoms with Crippen molar-refractivity contribution in [1.29, 1.82) is 0 Å². The summed E-state index contributed by atoms with van der Waals surface area (Å²) >= 11 is 0. The second kappa shape index (κ2) is 9.84. The van der Waals surface area contributed by atoms with Crippen LogP contribution in [0.5, 0.6) is 6.08 Å². The van der Waals surface area contributed by atoms with Crippen molar-refractivity contribution in [1.82, 2.24) is 10.3 Å². The summed E-state index contributed by atoms with van der Waals surface area (Å²) in [4.78, 5) is 4.32. The number of hydrogen-bond acceptors (Lipinski definition) is 4. The SMILES string of the molecule is CCCCCCC(C)Oc1nc(CNCCC)co1. The number of ether oxygens (including phenoxy) is 1. The van der Waals surface area contributed by atoms with Gasteiger partial charge in [-0.2, -0.15) is 4.98 Å². The van der Waals surface area contributed by atoms with Crippen molar-refractivity contribution in [3.8, 4) is 6.08 Å². The van der Waals surface area contributed by atoms with Gasteiger partial charge in [0.05, 0.1) is 5.69 Å². The zero-order valence-electron chi connectivity index (χ0n) is 12.6. The Hall–Kier alpha value is -1.03. The third-order valence-electron chi connectivity index (χ3n) is 3.03. The Labute approximate surface area is 116 Å². The molecule has 0 aliphatic rings. The van der Waals surface area contributed by atoms with Crippen LogP contribution >= 0.6 is 0 Å². The third kappa shape index (κ3) is 7.21. The molecular weight excluding hydrogens is 240 g/mol. The van der Waals surface area contributed by atoms with Crippen LogP contribution in [-0.4, -0.2) is 17.6 Å². The molecule has 0 saturated heterocycles. The van der Waals surface area contributed by atoms with Gasteiger partial charge in [-0.05, 0) is 32.7 Å². The first-order chi connectivity index (χ1) is 9.26. The summed E-state index contributed by atoms with van der Waals surface area (Å²) in [5, 5.41) is 3.29. The second-order valence-electron chi connectivity index (χ2n) is 5.06. The molecule has 1 rings (SSSR count). The first kappa shape index (κ1) is 16.0. The zero-order chi connectivity index (χ0) is 13.9. The highest BCUT2D eigenvalue weighted by atomic mass is 16.6. The van der Waals surface area contributed by atoms with E-state index < -0.39 is 0 Å². The first-order valence-electron chi connectivity index (χ1n) is 7.58. The average molecular weight is 268 g/mol. The Morgan fingerprint density at radius 1 is 1.26 bits per heavy atom. The van der Waals surface area contributed by atoms with E-state index >= 15 is 0 Å². The number of nitrogens with one attached hydrogen (secondary N) is 1. The van der Waals surface area contributed by atoms with Gasteiger partial charge >= 0.3 is 6.08 Å². The summed E-state index contributed by atoms with van der Waals surface area (Å²) in [5.74, 6) is 0. The molecule has 0 spiro atoms. The van der Waals surface area contributed by atoms with Crippen molar-refractivity contribution in [2.24, 2.45) is 0 Å². The number of rotatable bonds is 11. The molecular formula is C15H28N2O2. The van der Waals surface area contributed by atoms with Crippen LogP contribution in [0.2, 0.25) is 0 Å². The first-order valence-corrected chi connectivity index (χ1v) is 7.58. The molecule has 0 saturated carbocycles. The van der Waals surface area contributed by atoms with E-state index in [4.69, 9.17) is 9.15 Å². The molecule has 1 N–H and O–H groups in total. The van der Waals surface area contributed by atoms with Crippen LogP contribution in [0.15, 0.2) is 10.7 Å². The molecule has 0 aromatic carbocycles. The molecule has 110 valence electrons. The van der Waals surface area contributed by atoms with E-state index in [9.17, 15) is 0 Å². The predicted octanol–water partition coefficient (Wildman–Crippen LogP) is 3.91. The largest absolute Gasteiger partial charge is 0.447 e. The van der Waals surface area contributed by atoms with Crippen molar-refractivity contribution in [3.63, 3.8) is 0 Å². The molecule has 0 bridgehead atoms. The van der Waals surface area contributed by atoms with E-state index in [0.717, 1.165) is 31.6 Å². The van der Waals surface area contributed by atoms with Gasteiger partial charge in [0.1, 0.15) is 12.4 Å². The van der Waals surface area contributed by atoms with Crippen molar-refractivity contribution in [2.45, 2.75) is 71.9 Å². The van der Waals surface area contributed by atoms with Crippen LogP contribution in [0, 0.1) is 0 Å². The van der Waals surface area contributed by atoms with Crippen LogP contribution in [-0.2, 0) is 6.54 Å². The van der Waals surface area contributed by atoms with Gasteiger partial charge < -0.3 is 14.5 Å². The molecule has 1 heterocycles. The van der Waals surface area contributed by atoms with Crippen LogP contribution in [0.25, 0.3) is 0 Å². The summed E-state index contributed by atoms with van der Waals surface area (Å²) in [6.07, 6.45) is 9.48. The van der Waals surface area contributed by atoms with Crippen molar-refractivity contribution < 1.29 is 9.15 Å². The normalized spacial score (nSPS) is 12.6. The summed E-state index contributed by atoms with van der Waals surface area (Å²) in [6.45, 7) is 8.18. The van der Waals surface area contributed by atoms with Crippen molar-refractivity contribution in [3.05, 3.63) is 12.0 Å². The van der Waals surface area contributed by atoms with E-state index in [0.29, 0.717) is 6.08 Å². The highest BCUT2D eigenvalue weighted by Crippen LogP contribution is 2.15. The van der Waals surface area contributed by atoms with Crippen LogP contribution in [0.3, 0.4) is 0 Å². The minimum Gasteiger partial charge on any atom is -0.447 e. The van der Waals surface area contributed by atoms with Gasteiger partial charge in [-0.25, -0.2) is 0 Å². The summed E-state index contributed by atoms with van der Waals surface area (Å²) < 4.78 is 11.0. The lowest BCUT2D eigenvalue weighted by Gasteiger charge is -2.10. The van der Waals surface area contributed by atoms with Gasteiger partial charge in [0.2, 0.25) is 0 Å². The zero-order valence-corrected chi connectivity index (χ0v) is 12.6. The fraction of sp³-hybridized carbons (Fsp3) is 0.800. The van der Waals surface area contributed by atoms with Crippen molar-refractivity contribution in [2.75, 3.05) is 6.54 Å². The van der Waals surface area contributed by atoms with E-state index in [1.54, 1.807) is 6.26 Å². The van der Waals surface area contributed by atoms with E-state index in [2.05, 4.69) is 31.1 Å². The Balaban J connectivity index is 2.20. The van der Waals surface area contributed by atoms with Crippen LogP contribution in [0.1, 0.15) is 65.0 Å². The minimum absolute atomic E-state index is 0.173. The number of aromatic nitrogens is 1. The molecule has 19 heavy (non-hydrogen) atoms. The van der Waals surface area contributed by atoms with Crippen LogP contribution < -0.4 is 10.1 Å². The fourth-order valence-corrected chi connectivity index (χ4v) is 1.91.